The molecule has 0 aliphatic carbocycles. The topological polar surface area (TPSA) is 39.1 Å². The Morgan fingerprint density at radius 1 is 1.59 bits per heavy atom. The summed E-state index contributed by atoms with van der Waals surface area (Å²) in [5.41, 5.74) is 2.31. The third-order valence-corrected chi connectivity index (χ3v) is 3.43. The predicted octanol–water partition coefficient (Wildman–Crippen LogP) is 2.19. The first-order valence-corrected chi connectivity index (χ1v) is 6.53. The number of nitrogens with one attached hydrogen (secondary N) is 1. The van der Waals surface area contributed by atoms with E-state index in [-0.39, 0.29) is 6.04 Å². The first-order chi connectivity index (χ1) is 8.27. The maximum absolute atomic E-state index is 5.37. The van der Waals surface area contributed by atoms with Gasteiger partial charge in [0.15, 0.2) is 5.75 Å². The van der Waals surface area contributed by atoms with E-state index in [1.165, 1.54) is 5.56 Å². The van der Waals surface area contributed by atoms with Crippen molar-refractivity contribution in [3.05, 3.63) is 34.3 Å². The van der Waals surface area contributed by atoms with Crippen LogP contribution in [0.4, 0.5) is 0 Å². The van der Waals surface area contributed by atoms with E-state index in [0.717, 1.165) is 18.0 Å². The number of ether oxygens (including phenoxy) is 1. The fourth-order valence-electron chi connectivity index (χ4n) is 1.93. The molecule has 0 saturated carbocycles. The van der Waals surface area contributed by atoms with E-state index in [1.54, 1.807) is 24.6 Å². The van der Waals surface area contributed by atoms with Gasteiger partial charge in [-0.1, -0.05) is 6.92 Å². The van der Waals surface area contributed by atoms with Crippen molar-refractivity contribution in [1.82, 2.24) is 15.1 Å². The molecule has 1 N–H and O–H groups in total. The van der Waals surface area contributed by atoms with Crippen LogP contribution in [0.15, 0.2) is 23.0 Å². The highest BCUT2D eigenvalue weighted by molar-refractivity contribution is 7.08. The lowest BCUT2D eigenvalue weighted by Crippen LogP contribution is -2.24. The Morgan fingerprint density at radius 2 is 2.41 bits per heavy atom. The fourth-order valence-corrected chi connectivity index (χ4v) is 2.62. The molecule has 0 amide bonds. The lowest BCUT2D eigenvalue weighted by molar-refractivity contribution is 0.401. The van der Waals surface area contributed by atoms with Crippen LogP contribution >= 0.6 is 11.3 Å². The molecule has 1 unspecified atom stereocenters. The Labute approximate surface area is 105 Å². The zero-order valence-electron chi connectivity index (χ0n) is 10.3. The molecular formula is C12H17N3OS. The molecule has 2 aromatic rings. The second kappa shape index (κ2) is 5.33. The highest BCUT2D eigenvalue weighted by Crippen LogP contribution is 2.30. The molecule has 2 aromatic heterocycles. The Kier molecular flexibility index (Phi) is 3.81. The normalized spacial score (nSPS) is 12.6. The number of rotatable bonds is 5. The fraction of sp³-hybridized carbons (Fsp3) is 0.417. The number of aromatic nitrogens is 2. The Morgan fingerprint density at radius 3 is 3.00 bits per heavy atom. The van der Waals surface area contributed by atoms with Gasteiger partial charge in [-0.15, -0.1) is 0 Å². The summed E-state index contributed by atoms with van der Waals surface area (Å²) in [7, 11) is 3.62. The quantitative estimate of drug-likeness (QED) is 0.885. The molecule has 0 bridgehead atoms. The summed E-state index contributed by atoms with van der Waals surface area (Å²) in [6.07, 6.45) is 1.76. The summed E-state index contributed by atoms with van der Waals surface area (Å²) in [5.74, 6) is 0.824. The molecule has 0 spiro atoms. The van der Waals surface area contributed by atoms with Gasteiger partial charge in [-0.3, -0.25) is 4.68 Å². The van der Waals surface area contributed by atoms with Gasteiger partial charge in [-0.25, -0.2) is 0 Å². The van der Waals surface area contributed by atoms with E-state index in [1.807, 2.05) is 11.7 Å². The van der Waals surface area contributed by atoms with Crippen molar-refractivity contribution >= 4 is 11.3 Å². The third kappa shape index (κ3) is 2.35. The largest absolute Gasteiger partial charge is 0.493 e. The average molecular weight is 251 g/mol. The first-order valence-electron chi connectivity index (χ1n) is 5.59. The lowest BCUT2D eigenvalue weighted by Gasteiger charge is -2.18. The first kappa shape index (κ1) is 12.1. The van der Waals surface area contributed by atoms with Gasteiger partial charge in [0.1, 0.15) is 5.69 Å². The Bertz CT molecular complexity index is 464. The van der Waals surface area contributed by atoms with Crippen LogP contribution in [0.5, 0.6) is 5.75 Å². The SMILES string of the molecule is CCNC(c1ccsc1)c1c(OC)cnn1C. The molecule has 1 atom stereocenters. The molecule has 0 saturated heterocycles. The predicted molar refractivity (Wildman–Crippen MR) is 69.6 cm³/mol. The zero-order chi connectivity index (χ0) is 12.3. The van der Waals surface area contributed by atoms with Crippen LogP contribution in [0.1, 0.15) is 24.2 Å². The zero-order valence-corrected chi connectivity index (χ0v) is 11.1. The van der Waals surface area contributed by atoms with E-state index in [9.17, 15) is 0 Å². The lowest BCUT2D eigenvalue weighted by atomic mass is 10.1. The van der Waals surface area contributed by atoms with Crippen LogP contribution in [-0.2, 0) is 7.05 Å². The number of aryl methyl sites for hydroxylation is 1. The van der Waals surface area contributed by atoms with Gasteiger partial charge in [0, 0.05) is 7.05 Å². The van der Waals surface area contributed by atoms with Gasteiger partial charge >= 0.3 is 0 Å². The van der Waals surface area contributed by atoms with Gasteiger partial charge in [-0.05, 0) is 28.9 Å². The van der Waals surface area contributed by atoms with Crippen LogP contribution in [-0.4, -0.2) is 23.4 Å². The molecule has 92 valence electrons. The molecule has 0 aliphatic heterocycles. The second-order valence-electron chi connectivity index (χ2n) is 3.77. The molecule has 0 aromatic carbocycles. The minimum absolute atomic E-state index is 0.133. The van der Waals surface area contributed by atoms with Gasteiger partial charge in [0.05, 0.1) is 19.3 Å². The maximum Gasteiger partial charge on any atom is 0.161 e. The van der Waals surface area contributed by atoms with E-state index >= 15 is 0 Å². The molecular weight excluding hydrogens is 234 g/mol. The molecule has 2 rings (SSSR count). The minimum Gasteiger partial charge on any atom is -0.493 e. The van der Waals surface area contributed by atoms with Crippen LogP contribution in [0.2, 0.25) is 0 Å². The Balaban J connectivity index is 2.42. The van der Waals surface area contributed by atoms with Crippen molar-refractivity contribution in [2.75, 3.05) is 13.7 Å². The molecule has 2 heterocycles. The van der Waals surface area contributed by atoms with Crippen molar-refractivity contribution < 1.29 is 4.74 Å². The van der Waals surface area contributed by atoms with Gasteiger partial charge in [0.25, 0.3) is 0 Å². The summed E-state index contributed by atoms with van der Waals surface area (Å²) in [6, 6.07) is 2.26. The van der Waals surface area contributed by atoms with Gasteiger partial charge < -0.3 is 10.1 Å². The van der Waals surface area contributed by atoms with E-state index in [0.29, 0.717) is 0 Å². The standard InChI is InChI=1S/C12H17N3OS/c1-4-13-11(9-5-6-17-8-9)12-10(16-3)7-14-15(12)2/h5-8,11,13H,4H2,1-3H3. The van der Waals surface area contributed by atoms with Gasteiger partial charge in [0.2, 0.25) is 0 Å². The van der Waals surface area contributed by atoms with Crippen molar-refractivity contribution in [1.29, 1.82) is 0 Å². The van der Waals surface area contributed by atoms with Gasteiger partial charge in [-0.2, -0.15) is 16.4 Å². The smallest absolute Gasteiger partial charge is 0.161 e. The summed E-state index contributed by atoms with van der Waals surface area (Å²) < 4.78 is 7.24. The number of methoxy groups -OCH3 is 1. The molecule has 4 nitrogen and oxygen atoms in total. The van der Waals surface area contributed by atoms with E-state index in [2.05, 4.69) is 34.2 Å². The maximum atomic E-state index is 5.37. The van der Waals surface area contributed by atoms with Crippen LogP contribution in [0.3, 0.4) is 0 Å². The Hall–Kier alpha value is -1.33. The second-order valence-corrected chi connectivity index (χ2v) is 4.55. The van der Waals surface area contributed by atoms with Crippen LogP contribution in [0, 0.1) is 0 Å². The highest BCUT2D eigenvalue weighted by Gasteiger charge is 2.21. The summed E-state index contributed by atoms with van der Waals surface area (Å²) in [5, 5.41) is 12.0. The summed E-state index contributed by atoms with van der Waals surface area (Å²) in [4.78, 5) is 0. The van der Waals surface area contributed by atoms with Crippen LogP contribution < -0.4 is 10.1 Å². The summed E-state index contributed by atoms with van der Waals surface area (Å²) in [6.45, 7) is 3.00. The monoisotopic (exact) mass is 251 g/mol. The molecule has 5 heteroatoms. The number of hydrogen-bond donors (Lipinski definition) is 1. The molecule has 0 aliphatic rings. The van der Waals surface area contributed by atoms with Crippen LogP contribution in [0.25, 0.3) is 0 Å². The van der Waals surface area contributed by atoms with Crippen molar-refractivity contribution in [3.8, 4) is 5.75 Å². The number of hydrogen-bond acceptors (Lipinski definition) is 4. The summed E-state index contributed by atoms with van der Waals surface area (Å²) >= 11 is 1.70. The molecule has 17 heavy (non-hydrogen) atoms. The van der Waals surface area contributed by atoms with Crippen molar-refractivity contribution in [2.24, 2.45) is 7.05 Å². The van der Waals surface area contributed by atoms with Crippen molar-refractivity contribution in [2.45, 2.75) is 13.0 Å². The minimum atomic E-state index is 0.133. The molecule has 0 fully saturated rings. The number of nitrogens with zero attached hydrogens (tertiary/aromatic N) is 2. The molecule has 0 radical (unpaired) electrons. The average Bonchev–Trinajstić information content (AvgIpc) is 2.95. The van der Waals surface area contributed by atoms with E-state index < -0.39 is 0 Å². The van der Waals surface area contributed by atoms with E-state index in [4.69, 9.17) is 4.74 Å². The number of thiophene rings is 1. The highest BCUT2D eigenvalue weighted by atomic mass is 32.1. The third-order valence-electron chi connectivity index (χ3n) is 2.73. The van der Waals surface area contributed by atoms with Crippen molar-refractivity contribution in [3.63, 3.8) is 0 Å².